The van der Waals surface area contributed by atoms with Crippen LogP contribution in [-0.4, -0.2) is 0 Å². The molecule has 1 nitrogen and oxygen atoms in total. The molecule has 0 spiro atoms. The zero-order chi connectivity index (χ0) is 15.0. The van der Waals surface area contributed by atoms with Crippen LogP contribution in [0.1, 0.15) is 11.1 Å². The molecule has 0 unspecified atom stereocenters. The van der Waals surface area contributed by atoms with E-state index in [0.717, 1.165) is 17.4 Å². The van der Waals surface area contributed by atoms with Crippen LogP contribution in [0.4, 0.5) is 26.3 Å². The molecule has 0 N–H and O–H groups in total. The fourth-order valence-electron chi connectivity index (χ4n) is 1.47. The van der Waals surface area contributed by atoms with Gasteiger partial charge in [0, 0.05) is 11.4 Å². The second kappa shape index (κ2) is 5.01. The highest BCUT2D eigenvalue weighted by Crippen LogP contribution is 2.42. The van der Waals surface area contributed by atoms with Crippen molar-refractivity contribution in [3.63, 3.8) is 0 Å². The number of thiophene rings is 1. The van der Waals surface area contributed by atoms with Gasteiger partial charge in [-0.25, -0.2) is 0 Å². The van der Waals surface area contributed by atoms with E-state index >= 15 is 0 Å². The molecule has 0 amide bonds. The van der Waals surface area contributed by atoms with Crippen molar-refractivity contribution in [2.24, 2.45) is 0 Å². The average Bonchev–Trinajstić information content (AvgIpc) is 2.79. The molecule has 1 radical (unpaired) electrons. The first-order valence-electron chi connectivity index (χ1n) is 5.09. The van der Waals surface area contributed by atoms with Gasteiger partial charge in [0.05, 0.1) is 11.1 Å². The van der Waals surface area contributed by atoms with Gasteiger partial charge in [-0.3, -0.25) is 0 Å². The number of halogens is 6. The second-order valence-corrected chi connectivity index (χ2v) is 4.54. The Balaban J connectivity index is 2.44. The van der Waals surface area contributed by atoms with Crippen LogP contribution in [-0.2, 0) is 12.4 Å². The van der Waals surface area contributed by atoms with Crippen LogP contribution in [0, 0.1) is 6.07 Å². The summed E-state index contributed by atoms with van der Waals surface area (Å²) in [5.41, 5.74) is -3.52. The molecule has 8 heteroatoms. The van der Waals surface area contributed by atoms with Crippen LogP contribution in [0.5, 0.6) is 10.8 Å². The Labute approximate surface area is 113 Å². The van der Waals surface area contributed by atoms with Crippen LogP contribution in [0.25, 0.3) is 0 Å². The summed E-state index contributed by atoms with van der Waals surface area (Å²) < 4.78 is 80.7. The average molecular weight is 311 g/mol. The van der Waals surface area contributed by atoms with Crippen molar-refractivity contribution in [1.29, 1.82) is 0 Å². The lowest BCUT2D eigenvalue weighted by Crippen LogP contribution is -2.16. The Morgan fingerprint density at radius 2 is 1.60 bits per heavy atom. The molecule has 107 valence electrons. The van der Waals surface area contributed by atoms with Crippen molar-refractivity contribution in [2.45, 2.75) is 12.4 Å². The number of rotatable bonds is 2. The normalized spacial score (nSPS) is 12.5. The predicted molar refractivity (Wildman–Crippen MR) is 59.7 cm³/mol. The Kier molecular flexibility index (Phi) is 3.68. The molecule has 0 bridgehead atoms. The highest BCUT2D eigenvalue weighted by atomic mass is 32.1. The smallest absolute Gasteiger partial charge is 0.417 e. The maximum Gasteiger partial charge on any atom is 0.417 e. The molecule has 1 heterocycles. The molecule has 2 aromatic rings. The minimum absolute atomic E-state index is 0.234. The van der Waals surface area contributed by atoms with Gasteiger partial charge in [-0.1, -0.05) is 0 Å². The Hall–Kier alpha value is -1.70. The van der Waals surface area contributed by atoms with Crippen molar-refractivity contribution in [3.05, 3.63) is 46.8 Å². The number of benzene rings is 1. The van der Waals surface area contributed by atoms with E-state index in [0.29, 0.717) is 12.1 Å². The van der Waals surface area contributed by atoms with E-state index in [1.807, 2.05) is 0 Å². The lowest BCUT2D eigenvalue weighted by atomic mass is 10.1. The summed E-state index contributed by atoms with van der Waals surface area (Å²) in [4.78, 5) is 0. The zero-order valence-electron chi connectivity index (χ0n) is 9.47. The van der Waals surface area contributed by atoms with Crippen LogP contribution < -0.4 is 4.74 Å². The molecular formula is C12H5F6OS. The maximum absolute atomic E-state index is 12.7. The van der Waals surface area contributed by atoms with Gasteiger partial charge in [-0.05, 0) is 24.3 Å². The lowest BCUT2D eigenvalue weighted by Gasteiger charge is -2.16. The molecule has 0 saturated heterocycles. The minimum Gasteiger partial charge on any atom is -0.447 e. The lowest BCUT2D eigenvalue weighted by molar-refractivity contribution is -0.162. The first-order valence-corrected chi connectivity index (χ1v) is 5.97. The highest BCUT2D eigenvalue weighted by molar-refractivity contribution is 7.11. The molecule has 1 aromatic carbocycles. The molecule has 0 aliphatic rings. The quantitative estimate of drug-likeness (QED) is 0.677. The van der Waals surface area contributed by atoms with Crippen molar-refractivity contribution in [1.82, 2.24) is 0 Å². The van der Waals surface area contributed by atoms with Gasteiger partial charge in [0.1, 0.15) is 5.75 Å². The van der Waals surface area contributed by atoms with Crippen molar-refractivity contribution in [2.75, 3.05) is 0 Å². The van der Waals surface area contributed by atoms with E-state index in [-0.39, 0.29) is 10.8 Å². The van der Waals surface area contributed by atoms with Crippen molar-refractivity contribution >= 4 is 11.3 Å². The van der Waals surface area contributed by atoms with E-state index in [4.69, 9.17) is 4.74 Å². The van der Waals surface area contributed by atoms with Gasteiger partial charge >= 0.3 is 12.4 Å². The molecule has 20 heavy (non-hydrogen) atoms. The summed E-state index contributed by atoms with van der Waals surface area (Å²) in [5.74, 6) is -0.318. The van der Waals surface area contributed by atoms with Gasteiger partial charge in [0.25, 0.3) is 0 Å². The van der Waals surface area contributed by atoms with Gasteiger partial charge in [-0.2, -0.15) is 26.3 Å². The first-order chi connectivity index (χ1) is 9.18. The van der Waals surface area contributed by atoms with Crippen LogP contribution >= 0.6 is 11.3 Å². The number of hydrogen-bond donors (Lipinski definition) is 0. The van der Waals surface area contributed by atoms with E-state index in [1.165, 1.54) is 11.4 Å². The monoisotopic (exact) mass is 311 g/mol. The number of ether oxygens (including phenoxy) is 1. The van der Waals surface area contributed by atoms with Gasteiger partial charge in [-0.15, -0.1) is 11.3 Å². The van der Waals surface area contributed by atoms with Crippen LogP contribution in [0.3, 0.4) is 0 Å². The van der Waals surface area contributed by atoms with E-state index in [2.05, 4.69) is 6.07 Å². The summed E-state index contributed by atoms with van der Waals surface area (Å²) in [6.07, 6.45) is -10.2. The summed E-state index contributed by atoms with van der Waals surface area (Å²) in [6, 6.07) is 5.53. The molecular weight excluding hydrogens is 306 g/mol. The molecule has 2 rings (SSSR count). The summed E-state index contributed by atoms with van der Waals surface area (Å²) in [6.45, 7) is 0. The third-order valence-corrected chi connectivity index (χ3v) is 2.95. The first kappa shape index (κ1) is 14.7. The number of hydrogen-bond acceptors (Lipinski definition) is 2. The Morgan fingerprint density at radius 1 is 0.950 bits per heavy atom. The topological polar surface area (TPSA) is 9.23 Å². The standard InChI is InChI=1S/C12H5F6OS/c13-11(14,15)8-4-3-7(6-9(8)12(16,17)18)19-10-2-1-5-20-10/h2-6H. The molecule has 0 atom stereocenters. The molecule has 0 aliphatic heterocycles. The Morgan fingerprint density at radius 3 is 2.10 bits per heavy atom. The second-order valence-electron chi connectivity index (χ2n) is 3.67. The molecule has 0 fully saturated rings. The van der Waals surface area contributed by atoms with Crippen LogP contribution in [0.15, 0.2) is 29.6 Å². The summed E-state index contributed by atoms with van der Waals surface area (Å²) in [5, 5.41) is 1.74. The minimum atomic E-state index is -5.12. The number of alkyl halides is 6. The predicted octanol–water partition coefficient (Wildman–Crippen LogP) is 5.38. The fourth-order valence-corrected chi connectivity index (χ4v) is 2.00. The van der Waals surface area contributed by atoms with Gasteiger partial charge < -0.3 is 4.74 Å². The van der Waals surface area contributed by atoms with Crippen molar-refractivity contribution < 1.29 is 31.1 Å². The third kappa shape index (κ3) is 3.24. The summed E-state index contributed by atoms with van der Waals surface area (Å²) >= 11 is 1.06. The third-order valence-electron chi connectivity index (χ3n) is 2.26. The van der Waals surface area contributed by atoms with Gasteiger partial charge in [0.15, 0.2) is 5.06 Å². The van der Waals surface area contributed by atoms with Crippen LogP contribution in [0.2, 0.25) is 0 Å². The van der Waals surface area contributed by atoms with E-state index in [9.17, 15) is 26.3 Å². The molecule has 0 aliphatic carbocycles. The maximum atomic E-state index is 12.7. The van der Waals surface area contributed by atoms with E-state index < -0.39 is 23.5 Å². The fraction of sp³-hybridized carbons (Fsp3) is 0.167. The van der Waals surface area contributed by atoms with Crippen molar-refractivity contribution in [3.8, 4) is 10.8 Å². The van der Waals surface area contributed by atoms with Gasteiger partial charge in [0.2, 0.25) is 0 Å². The SMILES string of the molecule is FC(F)(F)c1ccc(Oc2c[c]cs2)cc1C(F)(F)F. The Bertz CT molecular complexity index is 585. The molecule has 1 aromatic heterocycles. The largest absolute Gasteiger partial charge is 0.447 e. The molecule has 0 saturated carbocycles. The summed E-state index contributed by atoms with van der Waals surface area (Å²) in [7, 11) is 0. The highest BCUT2D eigenvalue weighted by Gasteiger charge is 2.43. The zero-order valence-corrected chi connectivity index (χ0v) is 10.3. The van der Waals surface area contributed by atoms with E-state index in [1.54, 1.807) is 0 Å².